The first-order chi connectivity index (χ1) is 13.8. The molecule has 0 aliphatic carbocycles. The van der Waals surface area contributed by atoms with Crippen molar-refractivity contribution in [2.24, 2.45) is 4.99 Å². The number of guanidine groups is 1. The number of rotatable bonds is 9. The van der Waals surface area contributed by atoms with Crippen LogP contribution >= 0.6 is 24.0 Å². The normalized spacial score (nSPS) is 11.5. The molecule has 30 heavy (non-hydrogen) atoms. The van der Waals surface area contributed by atoms with E-state index in [-0.39, 0.29) is 36.4 Å². The second kappa shape index (κ2) is 13.1. The van der Waals surface area contributed by atoms with E-state index in [0.717, 1.165) is 17.9 Å². The summed E-state index contributed by atoms with van der Waals surface area (Å²) in [6.07, 6.45) is -1.46. The van der Waals surface area contributed by atoms with E-state index in [9.17, 15) is 18.0 Å². The van der Waals surface area contributed by atoms with Gasteiger partial charge in [-0.2, -0.15) is 13.2 Å². The van der Waals surface area contributed by atoms with Crippen molar-refractivity contribution in [1.82, 2.24) is 16.0 Å². The molecule has 0 aliphatic heterocycles. The number of aliphatic imine (C=N–C) groups is 1. The molecule has 0 aliphatic rings. The number of benzene rings is 1. The minimum Gasteiger partial charge on any atom is -0.469 e. The number of halogens is 4. The summed E-state index contributed by atoms with van der Waals surface area (Å²) >= 11 is 0. The van der Waals surface area contributed by atoms with Crippen molar-refractivity contribution < 1.29 is 22.4 Å². The molecule has 0 saturated heterocycles. The molecule has 0 atom stereocenters. The summed E-state index contributed by atoms with van der Waals surface area (Å²) in [6.45, 7) is 3.18. The molecule has 2 aromatic rings. The number of furan rings is 1. The number of hydrogen-bond acceptors (Lipinski definition) is 3. The van der Waals surface area contributed by atoms with Crippen molar-refractivity contribution in [3.63, 3.8) is 0 Å². The smallest absolute Gasteiger partial charge is 0.416 e. The minimum atomic E-state index is -4.38. The van der Waals surface area contributed by atoms with E-state index in [2.05, 4.69) is 20.9 Å². The van der Waals surface area contributed by atoms with E-state index in [1.165, 1.54) is 13.0 Å². The maximum Gasteiger partial charge on any atom is 0.416 e. The van der Waals surface area contributed by atoms with Crippen LogP contribution in [0.3, 0.4) is 0 Å². The largest absolute Gasteiger partial charge is 0.469 e. The topological polar surface area (TPSA) is 78.7 Å². The summed E-state index contributed by atoms with van der Waals surface area (Å²) in [7, 11) is 0. The molecule has 0 fully saturated rings. The molecule has 2 rings (SSSR count). The monoisotopic (exact) mass is 538 g/mol. The van der Waals surface area contributed by atoms with Crippen LogP contribution in [0, 0.1) is 0 Å². The van der Waals surface area contributed by atoms with Crippen LogP contribution in [0.5, 0.6) is 0 Å². The average molecular weight is 538 g/mol. The van der Waals surface area contributed by atoms with Gasteiger partial charge in [0.25, 0.3) is 0 Å². The fourth-order valence-corrected chi connectivity index (χ4v) is 2.51. The molecule has 1 heterocycles. The lowest BCUT2D eigenvalue weighted by atomic mass is 10.1. The number of alkyl halides is 3. The van der Waals surface area contributed by atoms with E-state index in [4.69, 9.17) is 4.42 Å². The van der Waals surface area contributed by atoms with E-state index in [1.54, 1.807) is 18.4 Å². The molecule has 0 spiro atoms. The maximum atomic E-state index is 12.9. The van der Waals surface area contributed by atoms with Gasteiger partial charge in [-0.15, -0.1) is 24.0 Å². The zero-order valence-corrected chi connectivity index (χ0v) is 18.9. The summed E-state index contributed by atoms with van der Waals surface area (Å²) in [5.74, 6) is 1.21. The Morgan fingerprint density at radius 3 is 2.47 bits per heavy atom. The Morgan fingerprint density at radius 1 is 1.07 bits per heavy atom. The molecule has 0 radical (unpaired) electrons. The summed E-state index contributed by atoms with van der Waals surface area (Å²) < 4.78 is 43.9. The van der Waals surface area contributed by atoms with E-state index in [0.29, 0.717) is 44.0 Å². The Labute approximate surface area is 190 Å². The first kappa shape index (κ1) is 25.8. The van der Waals surface area contributed by atoms with Crippen molar-refractivity contribution in [1.29, 1.82) is 0 Å². The van der Waals surface area contributed by atoms with Gasteiger partial charge in [-0.25, -0.2) is 4.99 Å². The predicted octanol–water partition coefficient (Wildman–Crippen LogP) is 3.72. The molecular weight excluding hydrogens is 512 g/mol. The second-order valence-corrected chi connectivity index (χ2v) is 6.38. The summed E-state index contributed by atoms with van der Waals surface area (Å²) in [6, 6.07) is 8.78. The lowest BCUT2D eigenvalue weighted by Gasteiger charge is -2.13. The van der Waals surface area contributed by atoms with Crippen molar-refractivity contribution >= 4 is 35.8 Å². The lowest BCUT2D eigenvalue weighted by Crippen LogP contribution is -2.39. The second-order valence-electron chi connectivity index (χ2n) is 6.38. The molecule has 0 bridgehead atoms. The van der Waals surface area contributed by atoms with Crippen LogP contribution < -0.4 is 16.0 Å². The molecule has 6 nitrogen and oxygen atoms in total. The average Bonchev–Trinajstić information content (AvgIpc) is 3.18. The van der Waals surface area contributed by atoms with Gasteiger partial charge in [-0.05, 0) is 36.2 Å². The number of nitrogens with one attached hydrogen (secondary N) is 3. The molecule has 166 valence electrons. The van der Waals surface area contributed by atoms with E-state index >= 15 is 0 Å². The van der Waals surface area contributed by atoms with Crippen LogP contribution in [0.15, 0.2) is 52.1 Å². The molecule has 1 aromatic heterocycles. The van der Waals surface area contributed by atoms with Gasteiger partial charge in [-0.3, -0.25) is 4.79 Å². The van der Waals surface area contributed by atoms with Gasteiger partial charge in [-0.1, -0.05) is 12.1 Å². The van der Waals surface area contributed by atoms with E-state index < -0.39 is 11.7 Å². The highest BCUT2D eigenvalue weighted by Gasteiger charge is 2.30. The van der Waals surface area contributed by atoms with Gasteiger partial charge in [0.2, 0.25) is 5.91 Å². The Kier molecular flexibility index (Phi) is 11.3. The van der Waals surface area contributed by atoms with Gasteiger partial charge in [0.1, 0.15) is 5.76 Å². The molecule has 1 aromatic carbocycles. The third kappa shape index (κ3) is 9.99. The first-order valence-electron chi connectivity index (χ1n) is 9.30. The summed E-state index contributed by atoms with van der Waals surface area (Å²) in [5.41, 5.74) is -0.231. The fraction of sp³-hybridized carbons (Fsp3) is 0.400. The highest BCUT2D eigenvalue weighted by Crippen LogP contribution is 2.29. The Hall–Kier alpha value is -2.24. The minimum absolute atomic E-state index is 0. The SMILES string of the molecule is CC(=O)NCCCNC(=NCc1cccc(C(F)(F)F)c1)NCCc1ccco1.I. The molecule has 3 N–H and O–H groups in total. The van der Waals surface area contributed by atoms with Gasteiger partial charge in [0.15, 0.2) is 5.96 Å². The first-order valence-corrected chi connectivity index (χ1v) is 9.30. The number of carbonyl (C=O) groups is 1. The van der Waals surface area contributed by atoms with Crippen molar-refractivity contribution in [3.8, 4) is 0 Å². The highest BCUT2D eigenvalue weighted by atomic mass is 127. The Bertz CT molecular complexity index is 796. The molecular formula is C20H26F3IN4O2. The summed E-state index contributed by atoms with van der Waals surface area (Å²) in [4.78, 5) is 15.3. The zero-order valence-electron chi connectivity index (χ0n) is 16.6. The quantitative estimate of drug-likeness (QED) is 0.197. The molecule has 0 unspecified atom stereocenters. The van der Waals surface area contributed by atoms with Crippen molar-refractivity contribution in [3.05, 3.63) is 59.5 Å². The molecule has 10 heteroatoms. The Balaban J connectivity index is 0.00000450. The van der Waals surface area contributed by atoms with Crippen LogP contribution in [-0.4, -0.2) is 31.5 Å². The third-order valence-corrected chi connectivity index (χ3v) is 3.94. The number of hydrogen-bond donors (Lipinski definition) is 3. The number of carbonyl (C=O) groups excluding carboxylic acids is 1. The third-order valence-electron chi connectivity index (χ3n) is 3.94. The van der Waals surface area contributed by atoms with Gasteiger partial charge in [0.05, 0.1) is 18.4 Å². The number of amides is 1. The van der Waals surface area contributed by atoms with Crippen LogP contribution in [0.1, 0.15) is 30.2 Å². The van der Waals surface area contributed by atoms with Gasteiger partial charge >= 0.3 is 6.18 Å². The molecule has 1 amide bonds. The Morgan fingerprint density at radius 2 is 1.80 bits per heavy atom. The number of nitrogens with zero attached hydrogens (tertiary/aromatic N) is 1. The van der Waals surface area contributed by atoms with Crippen LogP contribution in [-0.2, 0) is 23.9 Å². The van der Waals surface area contributed by atoms with Crippen LogP contribution in [0.2, 0.25) is 0 Å². The molecule has 0 saturated carbocycles. The maximum absolute atomic E-state index is 12.9. The summed E-state index contributed by atoms with van der Waals surface area (Å²) in [5, 5.41) is 8.97. The highest BCUT2D eigenvalue weighted by molar-refractivity contribution is 14.0. The van der Waals surface area contributed by atoms with Crippen molar-refractivity contribution in [2.45, 2.75) is 32.5 Å². The van der Waals surface area contributed by atoms with Gasteiger partial charge in [0, 0.05) is 33.0 Å². The van der Waals surface area contributed by atoms with Crippen LogP contribution in [0.4, 0.5) is 13.2 Å². The predicted molar refractivity (Wildman–Crippen MR) is 120 cm³/mol. The van der Waals surface area contributed by atoms with Crippen LogP contribution in [0.25, 0.3) is 0 Å². The lowest BCUT2D eigenvalue weighted by molar-refractivity contribution is -0.137. The standard InChI is InChI=1S/C20H25F3N4O2.HI/c1-15(28)24-9-4-10-25-19(26-11-8-18-7-3-12-29-18)27-14-16-5-2-6-17(13-16)20(21,22)23;/h2-3,5-7,12-13H,4,8-11,14H2,1H3,(H,24,28)(H2,25,26,27);1H. The fourth-order valence-electron chi connectivity index (χ4n) is 2.51. The van der Waals surface area contributed by atoms with Crippen molar-refractivity contribution in [2.75, 3.05) is 19.6 Å². The van der Waals surface area contributed by atoms with E-state index in [1.807, 2.05) is 6.07 Å². The zero-order chi connectivity index (χ0) is 21.1. The van der Waals surface area contributed by atoms with Gasteiger partial charge < -0.3 is 20.4 Å².